The van der Waals surface area contributed by atoms with E-state index in [1.54, 1.807) is 0 Å². The van der Waals surface area contributed by atoms with Crippen LogP contribution in [0, 0.1) is 5.92 Å². The maximum Gasteiger partial charge on any atom is 0.119 e. The van der Waals surface area contributed by atoms with Crippen LogP contribution in [0.15, 0.2) is 24.3 Å². The molecule has 1 atom stereocenters. The average molecular weight is 235 g/mol. The smallest absolute Gasteiger partial charge is 0.119 e. The van der Waals surface area contributed by atoms with Crippen LogP contribution in [0.3, 0.4) is 0 Å². The minimum atomic E-state index is 0.319. The van der Waals surface area contributed by atoms with Crippen molar-refractivity contribution in [2.45, 2.75) is 19.9 Å². The first-order chi connectivity index (χ1) is 8.31. The highest BCUT2D eigenvalue weighted by molar-refractivity contribution is 5.27. The molecule has 3 nitrogen and oxygen atoms in total. The van der Waals surface area contributed by atoms with E-state index in [4.69, 9.17) is 9.84 Å². The molecule has 0 unspecified atom stereocenters. The van der Waals surface area contributed by atoms with E-state index >= 15 is 0 Å². The number of likely N-dealkylation sites (tertiary alicyclic amines) is 1. The second kappa shape index (κ2) is 6.03. The molecular formula is C14H21NO2. The lowest BCUT2D eigenvalue weighted by Gasteiger charge is -2.15. The fraction of sp³-hybridized carbons (Fsp3) is 0.571. The van der Waals surface area contributed by atoms with E-state index in [1.165, 1.54) is 5.56 Å². The molecule has 2 rings (SSSR count). The van der Waals surface area contributed by atoms with Crippen molar-refractivity contribution >= 4 is 0 Å². The van der Waals surface area contributed by atoms with E-state index in [-0.39, 0.29) is 0 Å². The van der Waals surface area contributed by atoms with Gasteiger partial charge in [-0.2, -0.15) is 0 Å². The quantitative estimate of drug-likeness (QED) is 0.846. The second-order valence-electron chi connectivity index (χ2n) is 4.65. The Morgan fingerprint density at radius 2 is 2.12 bits per heavy atom. The van der Waals surface area contributed by atoms with Crippen molar-refractivity contribution in [1.29, 1.82) is 0 Å². The molecule has 0 aromatic heterocycles. The fourth-order valence-corrected chi connectivity index (χ4v) is 2.32. The van der Waals surface area contributed by atoms with Crippen LogP contribution in [-0.4, -0.2) is 36.3 Å². The van der Waals surface area contributed by atoms with E-state index in [2.05, 4.69) is 17.0 Å². The number of hydrogen-bond acceptors (Lipinski definition) is 3. The van der Waals surface area contributed by atoms with E-state index in [0.717, 1.165) is 31.8 Å². The third-order valence-electron chi connectivity index (χ3n) is 3.27. The minimum absolute atomic E-state index is 0.319. The van der Waals surface area contributed by atoms with Gasteiger partial charge in [0.2, 0.25) is 0 Å². The highest BCUT2D eigenvalue weighted by atomic mass is 16.5. The van der Waals surface area contributed by atoms with Gasteiger partial charge in [0, 0.05) is 19.7 Å². The van der Waals surface area contributed by atoms with Gasteiger partial charge in [0.25, 0.3) is 0 Å². The molecule has 3 heteroatoms. The zero-order valence-corrected chi connectivity index (χ0v) is 10.4. The summed E-state index contributed by atoms with van der Waals surface area (Å²) in [6.07, 6.45) is 1.12. The second-order valence-corrected chi connectivity index (χ2v) is 4.65. The minimum Gasteiger partial charge on any atom is -0.494 e. The summed E-state index contributed by atoms with van der Waals surface area (Å²) < 4.78 is 5.42. The summed E-state index contributed by atoms with van der Waals surface area (Å²) in [7, 11) is 0. The van der Waals surface area contributed by atoms with Crippen molar-refractivity contribution in [3.05, 3.63) is 29.8 Å². The molecule has 94 valence electrons. The molecule has 17 heavy (non-hydrogen) atoms. The van der Waals surface area contributed by atoms with Gasteiger partial charge in [0.15, 0.2) is 0 Å². The first kappa shape index (κ1) is 12.4. The van der Waals surface area contributed by atoms with E-state index in [1.807, 2.05) is 19.1 Å². The van der Waals surface area contributed by atoms with Crippen LogP contribution < -0.4 is 4.74 Å². The van der Waals surface area contributed by atoms with Crippen LogP contribution in [-0.2, 0) is 6.54 Å². The molecule has 1 heterocycles. The van der Waals surface area contributed by atoms with Gasteiger partial charge in [-0.3, -0.25) is 4.90 Å². The van der Waals surface area contributed by atoms with Crippen LogP contribution in [0.5, 0.6) is 5.75 Å². The molecule has 0 amide bonds. The molecule has 0 saturated carbocycles. The number of aliphatic hydroxyl groups is 1. The molecule has 1 aliphatic heterocycles. The maximum atomic E-state index is 9.10. The van der Waals surface area contributed by atoms with Crippen LogP contribution >= 0.6 is 0 Å². The van der Waals surface area contributed by atoms with Gasteiger partial charge >= 0.3 is 0 Å². The van der Waals surface area contributed by atoms with E-state index in [9.17, 15) is 0 Å². The SMILES string of the molecule is CCOc1ccc(CN2CC[C@@H](CO)C2)cc1. The number of rotatable bonds is 5. The van der Waals surface area contributed by atoms with Crippen molar-refractivity contribution < 1.29 is 9.84 Å². The summed E-state index contributed by atoms with van der Waals surface area (Å²) in [6.45, 7) is 6.11. The van der Waals surface area contributed by atoms with Gasteiger partial charge < -0.3 is 9.84 Å². The molecule has 0 radical (unpaired) electrons. The van der Waals surface area contributed by atoms with Crippen molar-refractivity contribution in [2.24, 2.45) is 5.92 Å². The standard InChI is InChI=1S/C14H21NO2/c1-2-17-14-5-3-12(4-6-14)9-15-8-7-13(10-15)11-16/h3-6,13,16H,2,7-11H2,1H3/t13-/m1/s1. The Hall–Kier alpha value is -1.06. The van der Waals surface area contributed by atoms with Crippen molar-refractivity contribution in [3.8, 4) is 5.75 Å². The summed E-state index contributed by atoms with van der Waals surface area (Å²) in [5.41, 5.74) is 1.31. The average Bonchev–Trinajstić information content (AvgIpc) is 2.80. The molecule has 0 spiro atoms. The fourth-order valence-electron chi connectivity index (χ4n) is 2.32. The Bertz CT molecular complexity index is 337. The zero-order valence-electron chi connectivity index (χ0n) is 10.4. The topological polar surface area (TPSA) is 32.7 Å². The molecule has 0 aliphatic carbocycles. The molecular weight excluding hydrogens is 214 g/mol. The predicted molar refractivity (Wildman–Crippen MR) is 68.1 cm³/mol. The summed E-state index contributed by atoms with van der Waals surface area (Å²) in [5, 5.41) is 9.10. The summed E-state index contributed by atoms with van der Waals surface area (Å²) in [6, 6.07) is 8.30. The summed E-state index contributed by atoms with van der Waals surface area (Å²) >= 11 is 0. The molecule has 1 N–H and O–H groups in total. The molecule has 1 aromatic rings. The monoisotopic (exact) mass is 235 g/mol. The Morgan fingerprint density at radius 1 is 1.35 bits per heavy atom. The van der Waals surface area contributed by atoms with Gasteiger partial charge in [0.05, 0.1) is 6.61 Å². The first-order valence-corrected chi connectivity index (χ1v) is 6.36. The van der Waals surface area contributed by atoms with Gasteiger partial charge in [-0.05, 0) is 43.5 Å². The Labute approximate surface area is 103 Å². The van der Waals surface area contributed by atoms with Crippen molar-refractivity contribution in [3.63, 3.8) is 0 Å². The van der Waals surface area contributed by atoms with E-state index in [0.29, 0.717) is 19.1 Å². The van der Waals surface area contributed by atoms with E-state index < -0.39 is 0 Å². The molecule has 0 bridgehead atoms. The van der Waals surface area contributed by atoms with Crippen LogP contribution in [0.1, 0.15) is 18.9 Å². The Kier molecular flexibility index (Phi) is 4.40. The van der Waals surface area contributed by atoms with Gasteiger partial charge in [-0.15, -0.1) is 0 Å². The third-order valence-corrected chi connectivity index (χ3v) is 3.27. The lowest BCUT2D eigenvalue weighted by molar-refractivity contribution is 0.220. The van der Waals surface area contributed by atoms with Crippen LogP contribution in [0.4, 0.5) is 0 Å². The number of ether oxygens (including phenoxy) is 1. The van der Waals surface area contributed by atoms with Gasteiger partial charge in [-0.25, -0.2) is 0 Å². The molecule has 1 aromatic carbocycles. The Balaban J connectivity index is 1.86. The normalized spacial score (nSPS) is 20.7. The summed E-state index contributed by atoms with van der Waals surface area (Å²) in [4.78, 5) is 2.40. The predicted octanol–water partition coefficient (Wildman–Crippen LogP) is 1.90. The number of aliphatic hydroxyl groups excluding tert-OH is 1. The molecule has 1 aliphatic rings. The highest BCUT2D eigenvalue weighted by Gasteiger charge is 2.21. The van der Waals surface area contributed by atoms with Gasteiger partial charge in [-0.1, -0.05) is 12.1 Å². The first-order valence-electron chi connectivity index (χ1n) is 6.36. The number of benzene rings is 1. The largest absolute Gasteiger partial charge is 0.494 e. The molecule has 1 fully saturated rings. The lowest BCUT2D eigenvalue weighted by atomic mass is 10.1. The zero-order chi connectivity index (χ0) is 12.1. The van der Waals surface area contributed by atoms with Gasteiger partial charge in [0.1, 0.15) is 5.75 Å². The van der Waals surface area contributed by atoms with Crippen molar-refractivity contribution in [1.82, 2.24) is 4.90 Å². The lowest BCUT2D eigenvalue weighted by Crippen LogP contribution is -2.20. The maximum absolute atomic E-state index is 9.10. The third kappa shape index (κ3) is 3.45. The van der Waals surface area contributed by atoms with Crippen LogP contribution in [0.2, 0.25) is 0 Å². The van der Waals surface area contributed by atoms with Crippen molar-refractivity contribution in [2.75, 3.05) is 26.3 Å². The highest BCUT2D eigenvalue weighted by Crippen LogP contribution is 2.19. The van der Waals surface area contributed by atoms with Crippen LogP contribution in [0.25, 0.3) is 0 Å². The summed E-state index contributed by atoms with van der Waals surface area (Å²) in [5.74, 6) is 1.41. The molecule has 1 saturated heterocycles. The Morgan fingerprint density at radius 3 is 2.71 bits per heavy atom. The number of hydrogen-bond donors (Lipinski definition) is 1. The number of nitrogens with zero attached hydrogens (tertiary/aromatic N) is 1.